The van der Waals surface area contributed by atoms with E-state index in [0.29, 0.717) is 43.8 Å². The van der Waals surface area contributed by atoms with Crippen LogP contribution in [0.4, 0.5) is 0 Å². The summed E-state index contributed by atoms with van der Waals surface area (Å²) in [6.45, 7) is 5.73. The molecule has 0 bridgehead atoms. The van der Waals surface area contributed by atoms with Gasteiger partial charge in [-0.25, -0.2) is 0 Å². The maximum absolute atomic E-state index is 12.2. The predicted octanol–water partition coefficient (Wildman–Crippen LogP) is 2.76. The number of amides is 1. The second kappa shape index (κ2) is 12.4. The van der Waals surface area contributed by atoms with Crippen LogP contribution in [0.2, 0.25) is 0 Å². The standard InChI is InChI=1S/C23H34N4O4/c1-3-5-21-25-23(31-26-21)9-8-22(28)24-17-18-6-4-7-20(16-18)30-15-12-27(2)19-10-13-29-14-11-19/h4,6-7,16,19H,3,5,8-15,17H2,1-2H3,(H,24,28). The van der Waals surface area contributed by atoms with E-state index in [4.69, 9.17) is 14.0 Å². The molecule has 2 aromatic rings. The van der Waals surface area contributed by atoms with Gasteiger partial charge in [-0.1, -0.05) is 24.2 Å². The monoisotopic (exact) mass is 430 g/mol. The van der Waals surface area contributed by atoms with Crippen molar-refractivity contribution in [1.29, 1.82) is 0 Å². The molecule has 1 aliphatic heterocycles. The quantitative estimate of drug-likeness (QED) is 0.554. The van der Waals surface area contributed by atoms with E-state index >= 15 is 0 Å². The number of aromatic nitrogens is 2. The van der Waals surface area contributed by atoms with Gasteiger partial charge in [-0.2, -0.15) is 4.98 Å². The van der Waals surface area contributed by atoms with Crippen molar-refractivity contribution < 1.29 is 18.8 Å². The topological polar surface area (TPSA) is 89.7 Å². The second-order valence-electron chi connectivity index (χ2n) is 7.95. The Morgan fingerprint density at radius 1 is 1.29 bits per heavy atom. The van der Waals surface area contributed by atoms with E-state index in [-0.39, 0.29) is 5.91 Å². The molecule has 31 heavy (non-hydrogen) atoms. The Hall–Kier alpha value is -2.45. The molecule has 1 aromatic heterocycles. The SMILES string of the molecule is CCCc1noc(CCC(=O)NCc2cccc(OCCN(C)C3CCOCC3)c2)n1. The van der Waals surface area contributed by atoms with Crippen molar-refractivity contribution in [1.82, 2.24) is 20.4 Å². The number of ether oxygens (including phenoxy) is 2. The first-order chi connectivity index (χ1) is 15.1. The highest BCUT2D eigenvalue weighted by Gasteiger charge is 2.18. The lowest BCUT2D eigenvalue weighted by atomic mass is 10.1. The summed E-state index contributed by atoms with van der Waals surface area (Å²) >= 11 is 0. The van der Waals surface area contributed by atoms with E-state index in [2.05, 4.69) is 34.3 Å². The van der Waals surface area contributed by atoms with Crippen molar-refractivity contribution in [3.8, 4) is 5.75 Å². The van der Waals surface area contributed by atoms with Crippen LogP contribution in [0.15, 0.2) is 28.8 Å². The third-order valence-corrected chi connectivity index (χ3v) is 5.46. The van der Waals surface area contributed by atoms with Crippen molar-refractivity contribution in [3.05, 3.63) is 41.5 Å². The van der Waals surface area contributed by atoms with Crippen LogP contribution < -0.4 is 10.1 Å². The summed E-state index contributed by atoms with van der Waals surface area (Å²) in [5.74, 6) is 1.99. The minimum atomic E-state index is -0.0420. The molecule has 1 aliphatic rings. The van der Waals surface area contributed by atoms with Gasteiger partial charge in [0.2, 0.25) is 11.8 Å². The van der Waals surface area contributed by atoms with Crippen molar-refractivity contribution in [2.45, 2.75) is 58.0 Å². The van der Waals surface area contributed by atoms with Gasteiger partial charge in [0, 0.05) is 51.6 Å². The molecular formula is C23H34N4O4. The maximum Gasteiger partial charge on any atom is 0.227 e. The van der Waals surface area contributed by atoms with Crippen LogP contribution in [0.3, 0.4) is 0 Å². The minimum absolute atomic E-state index is 0.0420. The first-order valence-electron chi connectivity index (χ1n) is 11.2. The van der Waals surface area contributed by atoms with Gasteiger partial charge in [-0.15, -0.1) is 0 Å². The summed E-state index contributed by atoms with van der Waals surface area (Å²) < 4.78 is 16.5. The van der Waals surface area contributed by atoms with E-state index in [0.717, 1.165) is 56.8 Å². The smallest absolute Gasteiger partial charge is 0.227 e. The molecule has 0 radical (unpaired) electrons. The van der Waals surface area contributed by atoms with E-state index in [1.165, 1.54) is 0 Å². The molecule has 1 aromatic carbocycles. The molecule has 1 fully saturated rings. The average Bonchev–Trinajstić information content (AvgIpc) is 3.25. The highest BCUT2D eigenvalue weighted by molar-refractivity contribution is 5.76. The van der Waals surface area contributed by atoms with E-state index in [9.17, 15) is 4.79 Å². The molecule has 170 valence electrons. The molecular weight excluding hydrogens is 396 g/mol. The molecule has 0 spiro atoms. The number of hydrogen-bond donors (Lipinski definition) is 1. The Balaban J connectivity index is 1.35. The summed E-state index contributed by atoms with van der Waals surface area (Å²) in [4.78, 5) is 18.8. The number of rotatable bonds is 12. The summed E-state index contributed by atoms with van der Waals surface area (Å²) in [7, 11) is 2.14. The normalized spacial score (nSPS) is 14.7. The number of likely N-dealkylation sites (N-methyl/N-ethyl adjacent to an activating group) is 1. The number of benzene rings is 1. The van der Waals surface area contributed by atoms with Crippen molar-refractivity contribution >= 4 is 5.91 Å². The second-order valence-corrected chi connectivity index (χ2v) is 7.95. The van der Waals surface area contributed by atoms with Crippen LogP contribution >= 0.6 is 0 Å². The molecule has 0 saturated carbocycles. The van der Waals surface area contributed by atoms with Gasteiger partial charge in [0.1, 0.15) is 12.4 Å². The summed E-state index contributed by atoms with van der Waals surface area (Å²) in [6.07, 6.45) is 4.69. The first kappa shape index (κ1) is 23.2. The maximum atomic E-state index is 12.2. The molecule has 8 heteroatoms. The van der Waals surface area contributed by atoms with E-state index in [1.54, 1.807) is 0 Å². The summed E-state index contributed by atoms with van der Waals surface area (Å²) in [5, 5.41) is 6.85. The summed E-state index contributed by atoms with van der Waals surface area (Å²) in [5.41, 5.74) is 1.01. The van der Waals surface area contributed by atoms with Gasteiger partial charge in [-0.3, -0.25) is 9.69 Å². The fraction of sp³-hybridized carbons (Fsp3) is 0.609. The lowest BCUT2D eigenvalue weighted by Crippen LogP contribution is -2.38. The van der Waals surface area contributed by atoms with E-state index < -0.39 is 0 Å². The number of hydrogen-bond acceptors (Lipinski definition) is 7. The third kappa shape index (κ3) is 7.95. The molecule has 0 unspecified atom stereocenters. The van der Waals surface area contributed by atoms with Gasteiger partial charge < -0.3 is 19.3 Å². The molecule has 1 N–H and O–H groups in total. The number of carbonyl (C=O) groups is 1. The zero-order chi connectivity index (χ0) is 21.9. The largest absolute Gasteiger partial charge is 0.492 e. The zero-order valence-electron chi connectivity index (χ0n) is 18.6. The fourth-order valence-electron chi connectivity index (χ4n) is 3.59. The van der Waals surface area contributed by atoms with Crippen LogP contribution in [0.1, 0.15) is 49.9 Å². The molecule has 8 nitrogen and oxygen atoms in total. The van der Waals surface area contributed by atoms with Gasteiger partial charge >= 0.3 is 0 Å². The van der Waals surface area contributed by atoms with Crippen LogP contribution in [0, 0.1) is 0 Å². The Morgan fingerprint density at radius 2 is 2.13 bits per heavy atom. The molecule has 2 heterocycles. The van der Waals surface area contributed by atoms with Gasteiger partial charge in [0.05, 0.1) is 0 Å². The van der Waals surface area contributed by atoms with Crippen LogP contribution in [-0.2, 0) is 28.9 Å². The Morgan fingerprint density at radius 3 is 2.94 bits per heavy atom. The highest BCUT2D eigenvalue weighted by atomic mass is 16.5. The fourth-order valence-corrected chi connectivity index (χ4v) is 3.59. The molecule has 0 aliphatic carbocycles. The lowest BCUT2D eigenvalue weighted by Gasteiger charge is -2.31. The lowest BCUT2D eigenvalue weighted by molar-refractivity contribution is -0.121. The average molecular weight is 431 g/mol. The van der Waals surface area contributed by atoms with Crippen molar-refractivity contribution in [2.24, 2.45) is 0 Å². The summed E-state index contributed by atoms with van der Waals surface area (Å²) in [6, 6.07) is 8.43. The number of aryl methyl sites for hydroxylation is 2. The number of carbonyl (C=O) groups excluding carboxylic acids is 1. The van der Waals surface area contributed by atoms with Crippen molar-refractivity contribution in [2.75, 3.05) is 33.4 Å². The predicted molar refractivity (Wildman–Crippen MR) is 117 cm³/mol. The molecule has 3 rings (SSSR count). The van der Waals surface area contributed by atoms with E-state index in [1.807, 2.05) is 24.3 Å². The molecule has 0 atom stereocenters. The molecule has 1 amide bonds. The van der Waals surface area contributed by atoms with Gasteiger partial charge in [0.25, 0.3) is 0 Å². The third-order valence-electron chi connectivity index (χ3n) is 5.46. The number of nitrogens with one attached hydrogen (secondary N) is 1. The number of nitrogens with zero attached hydrogens (tertiary/aromatic N) is 3. The first-order valence-corrected chi connectivity index (χ1v) is 11.2. The Kier molecular flexibility index (Phi) is 9.30. The van der Waals surface area contributed by atoms with Crippen LogP contribution in [0.5, 0.6) is 5.75 Å². The van der Waals surface area contributed by atoms with Gasteiger partial charge in [0.15, 0.2) is 5.82 Å². The van der Waals surface area contributed by atoms with Crippen LogP contribution in [0.25, 0.3) is 0 Å². The van der Waals surface area contributed by atoms with Gasteiger partial charge in [-0.05, 0) is 44.0 Å². The zero-order valence-corrected chi connectivity index (χ0v) is 18.6. The van der Waals surface area contributed by atoms with Crippen molar-refractivity contribution in [3.63, 3.8) is 0 Å². The minimum Gasteiger partial charge on any atom is -0.492 e. The molecule has 1 saturated heterocycles. The highest BCUT2D eigenvalue weighted by Crippen LogP contribution is 2.15. The Labute approximate surface area is 184 Å². The van der Waals surface area contributed by atoms with Crippen LogP contribution in [-0.4, -0.2) is 60.4 Å². The Bertz CT molecular complexity index is 804.